The number of benzene rings is 2. The Hall–Kier alpha value is -0.870. The summed E-state index contributed by atoms with van der Waals surface area (Å²) in [7, 11) is 0. The van der Waals surface area contributed by atoms with Gasteiger partial charge in [0.05, 0.1) is 20.0 Å². The van der Waals surface area contributed by atoms with Crippen molar-refractivity contribution in [1.82, 2.24) is 0 Å². The van der Waals surface area contributed by atoms with Gasteiger partial charge in [-0.2, -0.15) is 0 Å². The van der Waals surface area contributed by atoms with Crippen LogP contribution in [0.15, 0.2) is 54.8 Å². The molecule has 0 spiro atoms. The Morgan fingerprint density at radius 3 is 2.13 bits per heavy atom. The highest BCUT2D eigenvalue weighted by Gasteiger charge is 2.30. The lowest BCUT2D eigenvalue weighted by molar-refractivity contribution is -0.138. The molecule has 0 saturated heterocycles. The Morgan fingerprint density at radius 2 is 1.55 bits per heavy atom. The first-order valence-electron chi connectivity index (χ1n) is 9.26. The molecule has 2 aromatic carbocycles. The lowest BCUT2D eigenvalue weighted by Crippen LogP contribution is -2.21. The van der Waals surface area contributed by atoms with E-state index < -0.39 is 11.4 Å². The van der Waals surface area contributed by atoms with Crippen LogP contribution in [0.25, 0.3) is 0 Å². The second-order valence-electron chi connectivity index (χ2n) is 6.95. The number of hydrogen-bond donors (Lipinski definition) is 1. The summed E-state index contributed by atoms with van der Waals surface area (Å²) in [6, 6.07) is 7.90. The van der Waals surface area contributed by atoms with Crippen molar-refractivity contribution in [3.63, 3.8) is 0 Å². The van der Waals surface area contributed by atoms with Crippen molar-refractivity contribution in [3.05, 3.63) is 65.9 Å². The van der Waals surface area contributed by atoms with Crippen LogP contribution in [0.3, 0.4) is 0 Å². The van der Waals surface area contributed by atoms with Crippen molar-refractivity contribution in [2.75, 3.05) is 26.4 Å². The average molecular weight is 686 g/mol. The zero-order chi connectivity index (χ0) is 23.2. The Morgan fingerprint density at radius 1 is 0.968 bits per heavy atom. The first kappa shape index (κ1) is 26.4. The molecule has 0 radical (unpaired) electrons. The second-order valence-corrected chi connectivity index (χ2v) is 10.4. The third-order valence-electron chi connectivity index (χ3n) is 4.48. The van der Waals surface area contributed by atoms with Gasteiger partial charge < -0.3 is 19.3 Å². The van der Waals surface area contributed by atoms with Gasteiger partial charge in [-0.05, 0) is 77.6 Å². The van der Waals surface area contributed by atoms with E-state index in [2.05, 4.69) is 84.1 Å². The predicted octanol–water partition coefficient (Wildman–Crippen LogP) is 6.54. The highest BCUT2D eigenvalue weighted by molar-refractivity contribution is 9.11. The highest BCUT2D eigenvalue weighted by atomic mass is 79.9. The molecule has 0 bridgehead atoms. The van der Waals surface area contributed by atoms with Crippen LogP contribution in [0.4, 0.5) is 0 Å². The van der Waals surface area contributed by atoms with Gasteiger partial charge in [-0.3, -0.25) is 0 Å². The van der Waals surface area contributed by atoms with Crippen molar-refractivity contribution in [2.24, 2.45) is 0 Å². The number of esters is 1. The molecule has 0 aliphatic heterocycles. The van der Waals surface area contributed by atoms with Crippen LogP contribution in [0.1, 0.15) is 25.0 Å². The largest absolute Gasteiger partial charge is 0.490 e. The number of carbonyl (C=O) groups excluding carboxylic acids is 1. The maximum Gasteiger partial charge on any atom is 0.330 e. The molecule has 168 valence electrons. The van der Waals surface area contributed by atoms with E-state index >= 15 is 0 Å². The van der Waals surface area contributed by atoms with Crippen molar-refractivity contribution < 1.29 is 24.1 Å². The molecule has 0 atom stereocenters. The Bertz CT molecular complexity index is 936. The Balaban J connectivity index is 2.36. The zero-order valence-electron chi connectivity index (χ0n) is 17.0. The van der Waals surface area contributed by atoms with E-state index in [0.29, 0.717) is 11.5 Å². The van der Waals surface area contributed by atoms with Gasteiger partial charge in [0.15, 0.2) is 0 Å². The van der Waals surface area contributed by atoms with Crippen LogP contribution in [0, 0.1) is 0 Å². The summed E-state index contributed by atoms with van der Waals surface area (Å²) in [4.78, 5) is 11.1. The first-order chi connectivity index (χ1) is 14.6. The lowest BCUT2D eigenvalue weighted by atomic mass is 9.77. The quantitative estimate of drug-likeness (QED) is 0.175. The number of hydrogen-bond acceptors (Lipinski definition) is 5. The van der Waals surface area contributed by atoms with Gasteiger partial charge in [-0.25, -0.2) is 4.79 Å². The molecule has 0 amide bonds. The summed E-state index contributed by atoms with van der Waals surface area (Å²) < 4.78 is 19.8. The van der Waals surface area contributed by atoms with Gasteiger partial charge >= 0.3 is 5.97 Å². The third kappa shape index (κ3) is 6.81. The summed E-state index contributed by atoms with van der Waals surface area (Å²) in [5.41, 5.74) is 1.52. The number of rotatable bonds is 10. The van der Waals surface area contributed by atoms with Gasteiger partial charge in [0, 0.05) is 21.5 Å². The summed E-state index contributed by atoms with van der Waals surface area (Å²) in [5, 5.41) is 9.21. The SMILES string of the molecule is C=CC(=O)OCCOc1c(Br)cc(C(C)(C)c2cc(Br)cc(Br)c2OCCO)cc1Br. The predicted molar refractivity (Wildman–Crippen MR) is 135 cm³/mol. The standard InChI is InChI=1S/C22H22Br4O5/c1-4-19(28)29-7-8-31-21-16(24)9-13(10-17(21)25)22(2,3)15-11-14(23)12-18(26)20(15)30-6-5-27/h4,9-12,27H,1,5-8H2,2-3H3. The van der Waals surface area contributed by atoms with Crippen LogP contribution in [-0.2, 0) is 14.9 Å². The highest BCUT2D eigenvalue weighted by Crippen LogP contribution is 2.45. The molecule has 0 aliphatic rings. The van der Waals surface area contributed by atoms with E-state index in [1.54, 1.807) is 0 Å². The first-order valence-corrected chi connectivity index (χ1v) is 12.4. The van der Waals surface area contributed by atoms with Gasteiger partial charge in [0.25, 0.3) is 0 Å². The van der Waals surface area contributed by atoms with Gasteiger partial charge in [0.1, 0.15) is 31.3 Å². The van der Waals surface area contributed by atoms with E-state index in [0.717, 1.165) is 35.1 Å². The van der Waals surface area contributed by atoms with Crippen molar-refractivity contribution in [3.8, 4) is 11.5 Å². The molecule has 0 heterocycles. The summed E-state index contributed by atoms with van der Waals surface area (Å²) in [6.07, 6.45) is 1.11. The fourth-order valence-electron chi connectivity index (χ4n) is 2.88. The number of halogens is 4. The molecular formula is C22H22Br4O5. The number of aliphatic hydroxyl groups excluding tert-OH is 1. The van der Waals surface area contributed by atoms with E-state index in [9.17, 15) is 9.90 Å². The van der Waals surface area contributed by atoms with Crippen molar-refractivity contribution in [1.29, 1.82) is 0 Å². The van der Waals surface area contributed by atoms with Crippen LogP contribution in [0.2, 0.25) is 0 Å². The molecule has 0 aromatic heterocycles. The molecule has 0 saturated carbocycles. The molecule has 5 nitrogen and oxygen atoms in total. The third-order valence-corrected chi connectivity index (χ3v) is 6.71. The van der Waals surface area contributed by atoms with E-state index in [1.165, 1.54) is 0 Å². The van der Waals surface area contributed by atoms with E-state index in [1.807, 2.05) is 24.3 Å². The number of ether oxygens (including phenoxy) is 3. The number of aliphatic hydroxyl groups is 1. The van der Waals surface area contributed by atoms with Gasteiger partial charge in [-0.1, -0.05) is 36.4 Å². The van der Waals surface area contributed by atoms with E-state index in [4.69, 9.17) is 14.2 Å². The minimum atomic E-state index is -0.488. The van der Waals surface area contributed by atoms with Gasteiger partial charge in [-0.15, -0.1) is 0 Å². The fraction of sp³-hybridized carbons (Fsp3) is 0.318. The molecule has 2 aromatic rings. The smallest absolute Gasteiger partial charge is 0.330 e. The minimum Gasteiger partial charge on any atom is -0.490 e. The molecule has 31 heavy (non-hydrogen) atoms. The van der Waals surface area contributed by atoms with Crippen LogP contribution in [0.5, 0.6) is 11.5 Å². The van der Waals surface area contributed by atoms with Crippen LogP contribution in [-0.4, -0.2) is 37.5 Å². The summed E-state index contributed by atoms with van der Waals surface area (Å²) in [6.45, 7) is 7.99. The molecule has 2 rings (SSSR count). The maximum atomic E-state index is 11.1. The Kier molecular flexibility index (Phi) is 10.1. The summed E-state index contributed by atoms with van der Waals surface area (Å²) >= 11 is 14.3. The molecule has 0 fully saturated rings. The maximum absolute atomic E-state index is 11.1. The topological polar surface area (TPSA) is 65.0 Å². The zero-order valence-corrected chi connectivity index (χ0v) is 23.4. The average Bonchev–Trinajstić information content (AvgIpc) is 2.71. The van der Waals surface area contributed by atoms with Gasteiger partial charge in [0.2, 0.25) is 0 Å². The molecule has 0 unspecified atom stereocenters. The molecule has 9 heteroatoms. The van der Waals surface area contributed by atoms with Crippen LogP contribution >= 0.6 is 63.7 Å². The monoisotopic (exact) mass is 682 g/mol. The Labute approximate surface area is 215 Å². The lowest BCUT2D eigenvalue weighted by Gasteiger charge is -2.30. The molecular weight excluding hydrogens is 664 g/mol. The molecule has 1 N–H and O–H groups in total. The van der Waals surface area contributed by atoms with Crippen molar-refractivity contribution >= 4 is 69.7 Å². The normalized spacial score (nSPS) is 11.2. The fourth-order valence-corrected chi connectivity index (χ4v) is 5.63. The second kappa shape index (κ2) is 11.8. The van der Waals surface area contributed by atoms with E-state index in [-0.39, 0.29) is 26.4 Å². The molecule has 0 aliphatic carbocycles. The van der Waals surface area contributed by atoms with Crippen LogP contribution < -0.4 is 9.47 Å². The summed E-state index contributed by atoms with van der Waals surface area (Å²) in [5.74, 6) is 0.804. The van der Waals surface area contributed by atoms with Crippen molar-refractivity contribution in [2.45, 2.75) is 19.3 Å². The minimum absolute atomic E-state index is 0.0758. The number of carbonyl (C=O) groups is 1.